The number of aromatic nitrogens is 1. The number of hydrogen-bond acceptors (Lipinski definition) is 1. The molecule has 2 heteroatoms. The molecule has 0 atom stereocenters. The molecule has 0 aliphatic carbocycles. The van der Waals surface area contributed by atoms with Crippen LogP contribution in [0.4, 0.5) is 0 Å². The molecule has 0 saturated heterocycles. The third kappa shape index (κ3) is 1.10. The molecule has 0 spiro atoms. The van der Waals surface area contributed by atoms with Crippen molar-refractivity contribution in [1.82, 2.24) is 4.57 Å². The Kier molecular flexibility index (Phi) is 1.84. The topological polar surface area (TPSA) is 30.9 Å². The lowest BCUT2D eigenvalue weighted by Gasteiger charge is -2.01. The maximum absolute atomic E-state index is 5.48. The number of hydrogen-bond donors (Lipinski definition) is 1. The fourth-order valence-electron chi connectivity index (χ4n) is 1.41. The minimum atomic E-state index is 0.683. The van der Waals surface area contributed by atoms with E-state index in [1.54, 1.807) is 0 Å². The highest BCUT2D eigenvalue weighted by Gasteiger charge is 1.96. The van der Waals surface area contributed by atoms with Gasteiger partial charge in [-0.05, 0) is 24.3 Å². The van der Waals surface area contributed by atoms with Gasteiger partial charge in [0.1, 0.15) is 0 Å². The molecule has 0 amide bonds. The first-order valence-electron chi connectivity index (χ1n) is 4.07. The largest absolute Gasteiger partial charge is 0.346 e. The summed E-state index contributed by atoms with van der Waals surface area (Å²) in [6, 6.07) is 11.1. The Bertz CT molecular complexity index is 376. The molecule has 12 heavy (non-hydrogen) atoms. The summed E-state index contributed by atoms with van der Waals surface area (Å²) < 4.78 is 2.16. The van der Waals surface area contributed by atoms with Crippen LogP contribution in [0, 0.1) is 6.07 Å². The van der Waals surface area contributed by atoms with Crippen LogP contribution in [0.25, 0.3) is 10.9 Å². The van der Waals surface area contributed by atoms with Crippen molar-refractivity contribution in [2.75, 3.05) is 6.54 Å². The van der Waals surface area contributed by atoms with E-state index in [9.17, 15) is 0 Å². The van der Waals surface area contributed by atoms with Gasteiger partial charge in [-0.3, -0.25) is 0 Å². The molecule has 0 unspecified atom stereocenters. The SMILES string of the molecule is NCCn1ccc2c[c]ccc21. The van der Waals surface area contributed by atoms with Gasteiger partial charge in [0.15, 0.2) is 0 Å². The molecular weight excluding hydrogens is 148 g/mol. The molecule has 0 fully saturated rings. The summed E-state index contributed by atoms with van der Waals surface area (Å²) in [7, 11) is 0. The lowest BCUT2D eigenvalue weighted by Crippen LogP contribution is -2.08. The van der Waals surface area contributed by atoms with Gasteiger partial charge >= 0.3 is 0 Å². The number of rotatable bonds is 2. The van der Waals surface area contributed by atoms with Crippen LogP contribution in [-0.4, -0.2) is 11.1 Å². The zero-order valence-corrected chi connectivity index (χ0v) is 6.83. The summed E-state index contributed by atoms with van der Waals surface area (Å²) in [6.45, 7) is 1.57. The molecule has 1 radical (unpaired) electrons. The van der Waals surface area contributed by atoms with Gasteiger partial charge < -0.3 is 10.3 Å². The second kappa shape index (κ2) is 2.99. The van der Waals surface area contributed by atoms with Crippen LogP contribution in [0.1, 0.15) is 0 Å². The molecule has 0 saturated carbocycles. The molecule has 2 aromatic rings. The second-order valence-corrected chi connectivity index (χ2v) is 2.78. The van der Waals surface area contributed by atoms with Crippen LogP contribution in [0.2, 0.25) is 0 Å². The molecule has 1 aromatic heterocycles. The van der Waals surface area contributed by atoms with Gasteiger partial charge in [0.05, 0.1) is 0 Å². The Hall–Kier alpha value is -1.28. The van der Waals surface area contributed by atoms with Gasteiger partial charge in [-0.2, -0.15) is 0 Å². The Labute approximate surface area is 71.6 Å². The maximum Gasteiger partial charge on any atom is 0.0481 e. The fraction of sp³-hybridized carbons (Fsp3) is 0.200. The van der Waals surface area contributed by atoms with Crippen LogP contribution >= 0.6 is 0 Å². The van der Waals surface area contributed by atoms with Gasteiger partial charge in [-0.1, -0.05) is 6.07 Å². The Morgan fingerprint density at radius 3 is 3.17 bits per heavy atom. The van der Waals surface area contributed by atoms with Crippen LogP contribution < -0.4 is 5.73 Å². The number of fused-ring (bicyclic) bond motifs is 1. The minimum Gasteiger partial charge on any atom is -0.346 e. The summed E-state index contributed by atoms with van der Waals surface area (Å²) in [5.74, 6) is 0. The standard InChI is InChI=1S/C10H11N2/c11-6-8-12-7-5-9-3-1-2-4-10(9)12/h2-5,7H,6,8,11H2. The third-order valence-corrected chi connectivity index (χ3v) is 1.99. The van der Waals surface area contributed by atoms with Crippen molar-refractivity contribution in [3.05, 3.63) is 36.5 Å². The molecule has 0 aliphatic heterocycles. The molecule has 1 heterocycles. The predicted molar refractivity (Wildman–Crippen MR) is 49.8 cm³/mol. The van der Waals surface area contributed by atoms with Crippen molar-refractivity contribution < 1.29 is 0 Å². The number of benzene rings is 1. The summed E-state index contributed by atoms with van der Waals surface area (Å²) in [4.78, 5) is 0. The summed E-state index contributed by atoms with van der Waals surface area (Å²) in [6.07, 6.45) is 2.06. The normalized spacial score (nSPS) is 10.8. The van der Waals surface area contributed by atoms with Crippen molar-refractivity contribution in [3.8, 4) is 0 Å². The highest BCUT2D eigenvalue weighted by Crippen LogP contribution is 2.13. The highest BCUT2D eigenvalue weighted by molar-refractivity contribution is 5.79. The maximum atomic E-state index is 5.48. The van der Waals surface area contributed by atoms with Crippen LogP contribution in [0.5, 0.6) is 0 Å². The summed E-state index contributed by atoms with van der Waals surface area (Å²) >= 11 is 0. The first-order valence-corrected chi connectivity index (χ1v) is 4.07. The number of nitrogens with zero attached hydrogens (tertiary/aromatic N) is 1. The molecule has 0 aliphatic rings. The van der Waals surface area contributed by atoms with Crippen molar-refractivity contribution in [1.29, 1.82) is 0 Å². The average Bonchev–Trinajstić information content (AvgIpc) is 2.50. The second-order valence-electron chi connectivity index (χ2n) is 2.78. The summed E-state index contributed by atoms with van der Waals surface area (Å²) in [5.41, 5.74) is 6.72. The zero-order chi connectivity index (χ0) is 8.39. The molecule has 2 N–H and O–H groups in total. The monoisotopic (exact) mass is 159 g/mol. The van der Waals surface area contributed by atoms with E-state index >= 15 is 0 Å². The van der Waals surface area contributed by atoms with Gasteiger partial charge in [-0.25, -0.2) is 0 Å². The molecular formula is C10H11N2. The Balaban J connectivity index is 2.55. The van der Waals surface area contributed by atoms with E-state index in [0.717, 1.165) is 6.54 Å². The molecule has 61 valence electrons. The third-order valence-electron chi connectivity index (χ3n) is 1.99. The minimum absolute atomic E-state index is 0.683. The van der Waals surface area contributed by atoms with E-state index in [2.05, 4.69) is 29.0 Å². The van der Waals surface area contributed by atoms with Crippen molar-refractivity contribution in [2.24, 2.45) is 5.73 Å². The van der Waals surface area contributed by atoms with Crippen LogP contribution in [0.3, 0.4) is 0 Å². The van der Waals surface area contributed by atoms with E-state index in [1.165, 1.54) is 10.9 Å². The van der Waals surface area contributed by atoms with E-state index in [1.807, 2.05) is 12.1 Å². The van der Waals surface area contributed by atoms with Gasteiger partial charge in [0, 0.05) is 30.2 Å². The predicted octanol–water partition coefficient (Wildman–Crippen LogP) is 1.40. The van der Waals surface area contributed by atoms with Gasteiger partial charge in [0.2, 0.25) is 0 Å². The van der Waals surface area contributed by atoms with Gasteiger partial charge in [-0.15, -0.1) is 0 Å². The Morgan fingerprint density at radius 1 is 1.42 bits per heavy atom. The number of nitrogens with two attached hydrogens (primary N) is 1. The Morgan fingerprint density at radius 2 is 2.33 bits per heavy atom. The van der Waals surface area contributed by atoms with Crippen molar-refractivity contribution in [3.63, 3.8) is 0 Å². The van der Waals surface area contributed by atoms with E-state index < -0.39 is 0 Å². The van der Waals surface area contributed by atoms with E-state index in [0.29, 0.717) is 6.54 Å². The smallest absolute Gasteiger partial charge is 0.0481 e. The van der Waals surface area contributed by atoms with Crippen molar-refractivity contribution in [2.45, 2.75) is 6.54 Å². The lowest BCUT2D eigenvalue weighted by atomic mass is 10.2. The zero-order valence-electron chi connectivity index (χ0n) is 6.83. The highest BCUT2D eigenvalue weighted by atomic mass is 15.0. The lowest BCUT2D eigenvalue weighted by molar-refractivity contribution is 0.735. The molecule has 2 rings (SSSR count). The van der Waals surface area contributed by atoms with Crippen molar-refractivity contribution >= 4 is 10.9 Å². The van der Waals surface area contributed by atoms with Gasteiger partial charge in [0.25, 0.3) is 0 Å². The molecule has 1 aromatic carbocycles. The quantitative estimate of drug-likeness (QED) is 0.705. The van der Waals surface area contributed by atoms with Crippen LogP contribution in [-0.2, 0) is 6.54 Å². The first-order chi connectivity index (χ1) is 5.92. The van der Waals surface area contributed by atoms with E-state index in [4.69, 9.17) is 5.73 Å². The fourth-order valence-corrected chi connectivity index (χ4v) is 1.41. The first kappa shape index (κ1) is 7.37. The molecule has 0 bridgehead atoms. The molecule has 2 nitrogen and oxygen atoms in total. The van der Waals surface area contributed by atoms with Crippen LogP contribution in [0.15, 0.2) is 30.5 Å². The average molecular weight is 159 g/mol. The summed E-state index contributed by atoms with van der Waals surface area (Å²) in [5, 5.41) is 1.23. The van der Waals surface area contributed by atoms with E-state index in [-0.39, 0.29) is 0 Å².